The van der Waals surface area contributed by atoms with Crippen LogP contribution in [0.15, 0.2) is 35.9 Å². The lowest BCUT2D eigenvalue weighted by Crippen LogP contribution is -2.10. The fraction of sp³-hybridized carbons (Fsp3) is 0.190. The van der Waals surface area contributed by atoms with Crippen LogP contribution in [0.25, 0.3) is 11.6 Å². The second-order valence-corrected chi connectivity index (χ2v) is 6.46. The number of carbonyl (C=O) groups is 1. The highest BCUT2D eigenvalue weighted by Crippen LogP contribution is 2.40. The Balaban J connectivity index is 2.14. The van der Waals surface area contributed by atoms with Gasteiger partial charge in [0.1, 0.15) is 29.6 Å². The summed E-state index contributed by atoms with van der Waals surface area (Å²) in [6.45, 7) is 4.08. The number of benzene rings is 2. The third-order valence-electron chi connectivity index (χ3n) is 4.32. The molecule has 0 saturated heterocycles. The van der Waals surface area contributed by atoms with Crippen LogP contribution in [-0.4, -0.2) is 28.2 Å². The van der Waals surface area contributed by atoms with Crippen LogP contribution in [0.5, 0.6) is 23.0 Å². The third kappa shape index (κ3) is 3.28. The smallest absolute Gasteiger partial charge is 0.151 e. The molecule has 0 amide bonds. The molecule has 1 aliphatic rings. The van der Waals surface area contributed by atoms with Gasteiger partial charge in [0.05, 0.1) is 0 Å². The van der Waals surface area contributed by atoms with Crippen molar-refractivity contribution in [3.05, 3.63) is 58.2 Å². The molecule has 0 bridgehead atoms. The van der Waals surface area contributed by atoms with Crippen LogP contribution in [0.1, 0.15) is 40.9 Å². The van der Waals surface area contributed by atoms with E-state index in [1.54, 1.807) is 12.1 Å². The van der Waals surface area contributed by atoms with Crippen molar-refractivity contribution < 1.29 is 24.9 Å². The summed E-state index contributed by atoms with van der Waals surface area (Å²) in [5, 5.41) is 29.8. The maximum atomic E-state index is 11.8. The van der Waals surface area contributed by atoms with E-state index in [4.69, 9.17) is 4.74 Å². The highest BCUT2D eigenvalue weighted by molar-refractivity contribution is 5.95. The van der Waals surface area contributed by atoms with Gasteiger partial charge in [-0.05, 0) is 38.5 Å². The van der Waals surface area contributed by atoms with E-state index in [2.05, 4.69) is 0 Å². The molecule has 0 aliphatic carbocycles. The second kappa shape index (κ2) is 6.96. The number of aromatic hydroxyl groups is 3. The molecule has 1 heterocycles. The van der Waals surface area contributed by atoms with Crippen LogP contribution < -0.4 is 4.74 Å². The molecule has 5 nitrogen and oxygen atoms in total. The van der Waals surface area contributed by atoms with Gasteiger partial charge in [-0.25, -0.2) is 0 Å². The third-order valence-corrected chi connectivity index (χ3v) is 4.32. The van der Waals surface area contributed by atoms with Crippen LogP contribution in [0, 0.1) is 0 Å². The number of phenols is 3. The number of allylic oxidation sites excluding steroid dienone is 2. The van der Waals surface area contributed by atoms with Crippen LogP contribution in [0.4, 0.5) is 0 Å². The largest absolute Gasteiger partial charge is 0.508 e. The van der Waals surface area contributed by atoms with Crippen molar-refractivity contribution in [3.63, 3.8) is 0 Å². The minimum Gasteiger partial charge on any atom is -0.508 e. The normalized spacial score (nSPS) is 12.6. The highest BCUT2D eigenvalue weighted by Gasteiger charge is 2.22. The van der Waals surface area contributed by atoms with E-state index in [0.717, 1.165) is 5.57 Å². The Morgan fingerprint density at radius 3 is 2.58 bits per heavy atom. The maximum Gasteiger partial charge on any atom is 0.151 e. The van der Waals surface area contributed by atoms with Gasteiger partial charge in [-0.15, -0.1) is 0 Å². The second-order valence-electron chi connectivity index (χ2n) is 6.46. The minimum absolute atomic E-state index is 0.0210. The SMILES string of the molecule is CC(C)=CCc1c(O)cc2c(c1C=O)C=C(c1ccc(O)cc1O)CO2. The van der Waals surface area contributed by atoms with Crippen molar-refractivity contribution in [3.8, 4) is 23.0 Å². The van der Waals surface area contributed by atoms with Crippen LogP contribution in [0.2, 0.25) is 0 Å². The number of carbonyl (C=O) groups excluding carboxylic acids is 1. The lowest BCUT2D eigenvalue weighted by molar-refractivity contribution is 0.112. The summed E-state index contributed by atoms with van der Waals surface area (Å²) in [6.07, 6.45) is 4.87. The van der Waals surface area contributed by atoms with E-state index >= 15 is 0 Å². The minimum atomic E-state index is -0.0699. The molecule has 2 aromatic rings. The maximum absolute atomic E-state index is 11.8. The van der Waals surface area contributed by atoms with E-state index in [9.17, 15) is 20.1 Å². The average molecular weight is 352 g/mol. The predicted molar refractivity (Wildman–Crippen MR) is 99.8 cm³/mol. The molecule has 0 saturated carbocycles. The first-order valence-electron chi connectivity index (χ1n) is 8.23. The van der Waals surface area contributed by atoms with Crippen LogP contribution >= 0.6 is 0 Å². The molecule has 3 rings (SSSR count). The van der Waals surface area contributed by atoms with Gasteiger partial charge >= 0.3 is 0 Å². The van der Waals surface area contributed by atoms with Gasteiger partial charge in [-0.2, -0.15) is 0 Å². The molecule has 5 heteroatoms. The van der Waals surface area contributed by atoms with Gasteiger partial charge in [0.15, 0.2) is 6.29 Å². The van der Waals surface area contributed by atoms with Crippen LogP contribution in [-0.2, 0) is 6.42 Å². The van der Waals surface area contributed by atoms with Crippen molar-refractivity contribution in [1.82, 2.24) is 0 Å². The molecule has 3 N–H and O–H groups in total. The number of hydrogen-bond donors (Lipinski definition) is 3. The highest BCUT2D eigenvalue weighted by atomic mass is 16.5. The van der Waals surface area contributed by atoms with Gasteiger partial charge in [0.25, 0.3) is 0 Å². The summed E-state index contributed by atoms with van der Waals surface area (Å²) >= 11 is 0. The first-order valence-corrected chi connectivity index (χ1v) is 8.23. The summed E-state index contributed by atoms with van der Waals surface area (Å²) < 4.78 is 5.70. The summed E-state index contributed by atoms with van der Waals surface area (Å²) in [7, 11) is 0. The molecule has 0 aromatic heterocycles. The molecule has 26 heavy (non-hydrogen) atoms. The molecule has 0 radical (unpaired) electrons. The Morgan fingerprint density at radius 2 is 1.92 bits per heavy atom. The van der Waals surface area contributed by atoms with Gasteiger partial charge in [0.2, 0.25) is 0 Å². The lowest BCUT2D eigenvalue weighted by Gasteiger charge is -2.22. The summed E-state index contributed by atoms with van der Waals surface area (Å²) in [5.41, 5.74) is 3.76. The molecule has 0 atom stereocenters. The van der Waals surface area contributed by atoms with Gasteiger partial charge < -0.3 is 20.1 Å². The average Bonchev–Trinajstić information content (AvgIpc) is 2.59. The Labute approximate surface area is 151 Å². The number of hydrogen-bond acceptors (Lipinski definition) is 5. The number of phenolic OH excluding ortho intramolecular Hbond substituents is 3. The molecule has 134 valence electrons. The summed E-state index contributed by atoms with van der Waals surface area (Å²) in [4.78, 5) is 11.8. The molecule has 0 spiro atoms. The summed E-state index contributed by atoms with van der Waals surface area (Å²) in [6, 6.07) is 5.84. The number of rotatable bonds is 4. The first-order chi connectivity index (χ1) is 12.4. The molecule has 2 aromatic carbocycles. The standard InChI is InChI=1S/C21H20O5/c1-12(2)3-5-16-18(10-22)17-7-13(11-26-21(17)9-20(16)25)15-6-4-14(23)8-19(15)24/h3-4,6-10,23-25H,5,11H2,1-2H3. The van der Waals surface area contributed by atoms with Gasteiger partial charge in [-0.1, -0.05) is 11.6 Å². The van der Waals surface area contributed by atoms with Crippen molar-refractivity contribution in [1.29, 1.82) is 0 Å². The molecular formula is C21H20O5. The van der Waals surface area contributed by atoms with E-state index in [0.29, 0.717) is 46.3 Å². The van der Waals surface area contributed by atoms with E-state index in [1.807, 2.05) is 19.9 Å². The number of aldehydes is 1. The Morgan fingerprint density at radius 1 is 1.15 bits per heavy atom. The van der Waals surface area contributed by atoms with Crippen LogP contribution in [0.3, 0.4) is 0 Å². The zero-order chi connectivity index (χ0) is 18.8. The number of fused-ring (bicyclic) bond motifs is 1. The lowest BCUT2D eigenvalue weighted by atomic mass is 9.92. The fourth-order valence-corrected chi connectivity index (χ4v) is 2.96. The molecule has 1 aliphatic heterocycles. The van der Waals surface area contributed by atoms with E-state index in [-0.39, 0.29) is 23.9 Å². The van der Waals surface area contributed by atoms with E-state index < -0.39 is 0 Å². The van der Waals surface area contributed by atoms with Gasteiger partial charge in [0, 0.05) is 40.0 Å². The molecule has 0 unspecified atom stereocenters. The monoisotopic (exact) mass is 352 g/mol. The van der Waals surface area contributed by atoms with E-state index in [1.165, 1.54) is 18.2 Å². The van der Waals surface area contributed by atoms with Gasteiger partial charge in [-0.3, -0.25) is 4.79 Å². The fourth-order valence-electron chi connectivity index (χ4n) is 2.96. The van der Waals surface area contributed by atoms with Crippen molar-refractivity contribution in [2.45, 2.75) is 20.3 Å². The Hall–Kier alpha value is -3.21. The zero-order valence-corrected chi connectivity index (χ0v) is 14.6. The zero-order valence-electron chi connectivity index (χ0n) is 14.6. The Kier molecular flexibility index (Phi) is 4.71. The van der Waals surface area contributed by atoms with Crippen molar-refractivity contribution >= 4 is 17.9 Å². The van der Waals surface area contributed by atoms with Crippen molar-refractivity contribution in [2.75, 3.05) is 6.61 Å². The first kappa shape index (κ1) is 17.6. The topological polar surface area (TPSA) is 87.0 Å². The number of ether oxygens (including phenoxy) is 1. The summed E-state index contributed by atoms with van der Waals surface area (Å²) in [5.74, 6) is 0.339. The molecule has 0 fully saturated rings. The Bertz CT molecular complexity index is 934. The predicted octanol–water partition coefficient (Wildman–Crippen LogP) is 4.06. The molecular weight excluding hydrogens is 332 g/mol. The van der Waals surface area contributed by atoms with Crippen molar-refractivity contribution in [2.24, 2.45) is 0 Å². The quantitative estimate of drug-likeness (QED) is 0.571.